The van der Waals surface area contributed by atoms with Crippen molar-refractivity contribution >= 4 is 27.8 Å². The third-order valence-electron chi connectivity index (χ3n) is 3.74. The lowest BCUT2D eigenvalue weighted by atomic mass is 10.1. The van der Waals surface area contributed by atoms with Gasteiger partial charge in [0.05, 0.1) is 6.61 Å². The monoisotopic (exact) mass is 283 g/mol. The van der Waals surface area contributed by atoms with Crippen LogP contribution in [0.5, 0.6) is 0 Å². The van der Waals surface area contributed by atoms with Crippen LogP contribution < -0.4 is 4.57 Å². The summed E-state index contributed by atoms with van der Waals surface area (Å²) >= 11 is 0. The molecule has 2 aromatic heterocycles. The maximum atomic E-state index is 11.7. The van der Waals surface area contributed by atoms with Crippen LogP contribution in [-0.2, 0) is 22.5 Å². The number of benzene rings is 1. The first-order valence-corrected chi connectivity index (χ1v) is 7.32. The molecule has 0 saturated carbocycles. The molecule has 0 atom stereocenters. The fourth-order valence-corrected chi connectivity index (χ4v) is 2.84. The van der Waals surface area contributed by atoms with Crippen molar-refractivity contribution in [3.63, 3.8) is 0 Å². The standard InChI is InChI=1S/C17H18N2O2/c1-3-15-17-13(12-7-5-6-8-14(12)18-17)9-10-19(15)11-16(20)21-4-2/h5-10H,3-4,11H2,1-2H3/p+1. The van der Waals surface area contributed by atoms with Crippen molar-refractivity contribution in [3.05, 3.63) is 42.2 Å². The van der Waals surface area contributed by atoms with Crippen LogP contribution in [0.25, 0.3) is 21.8 Å². The zero-order chi connectivity index (χ0) is 14.8. The van der Waals surface area contributed by atoms with E-state index in [2.05, 4.69) is 30.1 Å². The second-order valence-electron chi connectivity index (χ2n) is 5.01. The van der Waals surface area contributed by atoms with Gasteiger partial charge in [-0.2, -0.15) is 4.57 Å². The molecule has 2 heterocycles. The van der Waals surface area contributed by atoms with E-state index in [1.807, 2.05) is 29.8 Å². The molecular formula is C17H19N2O2+. The number of rotatable bonds is 4. The Morgan fingerprint density at radius 2 is 2.00 bits per heavy atom. The largest absolute Gasteiger partial charge is 0.461 e. The number of H-pyrrole nitrogens is 1. The number of aromatic amines is 1. The van der Waals surface area contributed by atoms with E-state index >= 15 is 0 Å². The lowest BCUT2D eigenvalue weighted by Gasteiger charge is -2.03. The summed E-state index contributed by atoms with van der Waals surface area (Å²) in [6.07, 6.45) is 2.82. The van der Waals surface area contributed by atoms with Gasteiger partial charge in [0.1, 0.15) is 5.52 Å². The van der Waals surface area contributed by atoms with Gasteiger partial charge in [-0.15, -0.1) is 0 Å². The average molecular weight is 283 g/mol. The molecule has 0 aliphatic heterocycles. The van der Waals surface area contributed by atoms with E-state index < -0.39 is 0 Å². The Morgan fingerprint density at radius 3 is 2.76 bits per heavy atom. The number of esters is 1. The van der Waals surface area contributed by atoms with Crippen molar-refractivity contribution in [1.82, 2.24) is 4.98 Å². The third kappa shape index (κ3) is 2.37. The minimum absolute atomic E-state index is 0.201. The maximum absolute atomic E-state index is 11.7. The number of hydrogen-bond acceptors (Lipinski definition) is 2. The van der Waals surface area contributed by atoms with E-state index in [9.17, 15) is 4.79 Å². The van der Waals surface area contributed by atoms with Gasteiger partial charge in [0.25, 0.3) is 0 Å². The van der Waals surface area contributed by atoms with E-state index in [1.54, 1.807) is 0 Å². The molecule has 0 aliphatic carbocycles. The Morgan fingerprint density at radius 1 is 1.19 bits per heavy atom. The van der Waals surface area contributed by atoms with Crippen molar-refractivity contribution < 1.29 is 14.1 Å². The van der Waals surface area contributed by atoms with Gasteiger partial charge in [-0.3, -0.25) is 0 Å². The molecule has 21 heavy (non-hydrogen) atoms. The van der Waals surface area contributed by atoms with Gasteiger partial charge in [-0.05, 0) is 13.0 Å². The number of hydrogen-bond donors (Lipinski definition) is 1. The van der Waals surface area contributed by atoms with Crippen molar-refractivity contribution in [1.29, 1.82) is 0 Å². The number of nitrogens with one attached hydrogen (secondary N) is 1. The lowest BCUT2D eigenvalue weighted by molar-refractivity contribution is -0.691. The van der Waals surface area contributed by atoms with E-state index in [4.69, 9.17) is 4.74 Å². The number of pyridine rings is 1. The number of carbonyl (C=O) groups excluding carboxylic acids is 1. The van der Waals surface area contributed by atoms with Crippen molar-refractivity contribution in [2.75, 3.05) is 6.61 Å². The Bertz CT molecular complexity index is 805. The minimum Gasteiger partial charge on any atom is -0.461 e. The summed E-state index contributed by atoms with van der Waals surface area (Å²) in [6.45, 7) is 4.59. The summed E-state index contributed by atoms with van der Waals surface area (Å²) < 4.78 is 7.01. The lowest BCUT2D eigenvalue weighted by Crippen LogP contribution is -2.42. The highest BCUT2D eigenvalue weighted by molar-refractivity contribution is 6.07. The SMILES string of the molecule is CCOC(=O)C[n+]1ccc2c([nH]c3ccccc32)c1CC. The van der Waals surface area contributed by atoms with Crippen molar-refractivity contribution in [3.8, 4) is 0 Å². The highest BCUT2D eigenvalue weighted by Crippen LogP contribution is 2.25. The molecule has 0 saturated heterocycles. The van der Waals surface area contributed by atoms with Gasteiger partial charge in [-0.1, -0.05) is 25.1 Å². The van der Waals surface area contributed by atoms with Crippen LogP contribution in [0, 0.1) is 0 Å². The number of aromatic nitrogens is 2. The Kier molecular flexibility index (Phi) is 3.60. The molecule has 4 heteroatoms. The number of carbonyl (C=O) groups is 1. The predicted molar refractivity (Wildman–Crippen MR) is 82.0 cm³/mol. The molecule has 3 aromatic rings. The quantitative estimate of drug-likeness (QED) is 0.591. The molecule has 3 rings (SSSR count). The summed E-state index contributed by atoms with van der Waals surface area (Å²) in [7, 11) is 0. The molecule has 0 radical (unpaired) electrons. The number of para-hydroxylation sites is 1. The Balaban J connectivity index is 2.14. The number of nitrogens with zero attached hydrogens (tertiary/aromatic N) is 1. The molecule has 0 fully saturated rings. The summed E-state index contributed by atoms with van der Waals surface area (Å²) in [5.74, 6) is -0.201. The summed E-state index contributed by atoms with van der Waals surface area (Å²) in [5, 5.41) is 2.41. The Hall–Kier alpha value is -2.36. The fraction of sp³-hybridized carbons (Fsp3) is 0.294. The van der Waals surface area contributed by atoms with Crippen LogP contribution in [0.2, 0.25) is 0 Å². The van der Waals surface area contributed by atoms with Gasteiger partial charge in [0.15, 0.2) is 6.20 Å². The molecular weight excluding hydrogens is 264 g/mol. The molecule has 108 valence electrons. The second kappa shape index (κ2) is 5.56. The normalized spacial score (nSPS) is 11.1. The highest BCUT2D eigenvalue weighted by Gasteiger charge is 2.20. The van der Waals surface area contributed by atoms with Gasteiger partial charge in [0.2, 0.25) is 12.2 Å². The topological polar surface area (TPSA) is 46.0 Å². The number of fused-ring (bicyclic) bond motifs is 3. The summed E-state index contributed by atoms with van der Waals surface area (Å²) in [6, 6.07) is 10.3. The second-order valence-corrected chi connectivity index (χ2v) is 5.01. The first kappa shape index (κ1) is 13.6. The third-order valence-corrected chi connectivity index (χ3v) is 3.74. The zero-order valence-corrected chi connectivity index (χ0v) is 12.3. The van der Waals surface area contributed by atoms with Gasteiger partial charge >= 0.3 is 5.97 Å². The number of ether oxygens (including phenoxy) is 1. The molecule has 0 aliphatic rings. The molecule has 0 unspecified atom stereocenters. The van der Waals surface area contributed by atoms with Crippen LogP contribution in [0.1, 0.15) is 19.5 Å². The van der Waals surface area contributed by atoms with Crippen LogP contribution >= 0.6 is 0 Å². The van der Waals surface area contributed by atoms with Crippen molar-refractivity contribution in [2.45, 2.75) is 26.8 Å². The van der Waals surface area contributed by atoms with E-state index in [1.165, 1.54) is 10.8 Å². The summed E-state index contributed by atoms with van der Waals surface area (Å²) in [4.78, 5) is 15.2. The minimum atomic E-state index is -0.201. The van der Waals surface area contributed by atoms with E-state index in [0.717, 1.165) is 23.1 Å². The molecule has 1 N–H and O–H groups in total. The fourth-order valence-electron chi connectivity index (χ4n) is 2.84. The predicted octanol–water partition coefficient (Wildman–Crippen LogP) is 2.73. The molecule has 0 bridgehead atoms. The van der Waals surface area contributed by atoms with E-state index in [0.29, 0.717) is 6.61 Å². The summed E-state index contributed by atoms with van der Waals surface area (Å²) in [5.41, 5.74) is 3.35. The van der Waals surface area contributed by atoms with Gasteiger partial charge in [-0.25, -0.2) is 4.79 Å². The zero-order valence-electron chi connectivity index (χ0n) is 12.3. The molecule has 0 spiro atoms. The van der Waals surface area contributed by atoms with Crippen LogP contribution in [0.4, 0.5) is 0 Å². The molecule has 1 aromatic carbocycles. The van der Waals surface area contributed by atoms with Gasteiger partial charge in [0, 0.05) is 28.8 Å². The number of aryl methyl sites for hydroxylation is 1. The molecule has 0 amide bonds. The van der Waals surface area contributed by atoms with Crippen LogP contribution in [-0.4, -0.2) is 17.6 Å². The van der Waals surface area contributed by atoms with Crippen LogP contribution in [0.15, 0.2) is 36.5 Å². The smallest absolute Gasteiger partial charge is 0.372 e. The van der Waals surface area contributed by atoms with E-state index in [-0.39, 0.29) is 12.5 Å². The van der Waals surface area contributed by atoms with Crippen molar-refractivity contribution in [2.24, 2.45) is 0 Å². The first-order valence-electron chi connectivity index (χ1n) is 7.32. The highest BCUT2D eigenvalue weighted by atomic mass is 16.5. The Labute approximate surface area is 123 Å². The van der Waals surface area contributed by atoms with Crippen LogP contribution in [0.3, 0.4) is 0 Å². The maximum Gasteiger partial charge on any atom is 0.372 e. The average Bonchev–Trinajstić information content (AvgIpc) is 2.86. The molecule has 4 nitrogen and oxygen atoms in total. The first-order chi connectivity index (χ1) is 10.2. The van der Waals surface area contributed by atoms with Gasteiger partial charge < -0.3 is 9.72 Å².